The maximum atomic E-state index is 12.9. The van der Waals surface area contributed by atoms with Gasteiger partial charge in [0.15, 0.2) is 5.78 Å². The Morgan fingerprint density at radius 2 is 2.00 bits per heavy atom. The number of esters is 1. The van der Waals surface area contributed by atoms with Crippen LogP contribution in [0.3, 0.4) is 0 Å². The minimum Gasteiger partial charge on any atom is -0.468 e. The van der Waals surface area contributed by atoms with Gasteiger partial charge in [0.1, 0.15) is 17.5 Å². The fraction of sp³-hybridized carbons (Fsp3) is 0.308. The van der Waals surface area contributed by atoms with Crippen molar-refractivity contribution in [1.82, 2.24) is 0 Å². The van der Waals surface area contributed by atoms with Gasteiger partial charge in [0, 0.05) is 12.0 Å². The highest BCUT2D eigenvalue weighted by Crippen LogP contribution is 2.13. The number of halogens is 1. The molecule has 0 aliphatic heterocycles. The molecule has 1 atom stereocenters. The Morgan fingerprint density at radius 3 is 2.50 bits per heavy atom. The predicted octanol–water partition coefficient (Wildman–Crippen LogP) is 1.78. The Kier molecular flexibility index (Phi) is 4.71. The monoisotopic (exact) mass is 252 g/mol. The topological polar surface area (TPSA) is 60.4 Å². The van der Waals surface area contributed by atoms with Gasteiger partial charge in [-0.25, -0.2) is 4.39 Å². The predicted molar refractivity (Wildman–Crippen MR) is 61.5 cm³/mol. The molecule has 0 aromatic heterocycles. The van der Waals surface area contributed by atoms with Crippen LogP contribution in [0.2, 0.25) is 0 Å². The van der Waals surface area contributed by atoms with Gasteiger partial charge in [0.05, 0.1) is 7.11 Å². The number of benzene rings is 1. The summed E-state index contributed by atoms with van der Waals surface area (Å²) in [5.74, 6) is -3.36. The minimum atomic E-state index is -1.13. The lowest BCUT2D eigenvalue weighted by Crippen LogP contribution is -2.26. The van der Waals surface area contributed by atoms with E-state index in [0.29, 0.717) is 0 Å². The highest BCUT2D eigenvalue weighted by Gasteiger charge is 2.27. The fourth-order valence-electron chi connectivity index (χ4n) is 1.50. The first-order valence-electron chi connectivity index (χ1n) is 5.32. The van der Waals surface area contributed by atoms with E-state index in [0.717, 1.165) is 13.2 Å². The Morgan fingerprint density at radius 1 is 1.33 bits per heavy atom. The number of ether oxygens (including phenoxy) is 1. The number of methoxy groups -OCH3 is 1. The van der Waals surface area contributed by atoms with Crippen LogP contribution in [-0.4, -0.2) is 24.6 Å². The molecular weight excluding hydrogens is 239 g/mol. The maximum Gasteiger partial charge on any atom is 0.316 e. The summed E-state index contributed by atoms with van der Waals surface area (Å²) in [6, 6.07) is 5.10. The summed E-state index contributed by atoms with van der Waals surface area (Å²) in [4.78, 5) is 34.4. The van der Waals surface area contributed by atoms with E-state index in [1.807, 2.05) is 0 Å². The van der Waals surface area contributed by atoms with Gasteiger partial charge in [-0.3, -0.25) is 14.4 Å². The fourth-order valence-corrected chi connectivity index (χ4v) is 1.50. The summed E-state index contributed by atoms with van der Waals surface area (Å²) < 4.78 is 17.4. The van der Waals surface area contributed by atoms with E-state index in [1.165, 1.54) is 25.1 Å². The molecule has 0 amide bonds. The molecule has 0 N–H and O–H groups in total. The molecule has 18 heavy (non-hydrogen) atoms. The number of carbonyl (C=O) groups is 3. The third kappa shape index (κ3) is 3.48. The highest BCUT2D eigenvalue weighted by atomic mass is 19.1. The molecule has 5 heteroatoms. The van der Waals surface area contributed by atoms with Gasteiger partial charge >= 0.3 is 5.97 Å². The Bertz CT molecular complexity index is 482. The van der Waals surface area contributed by atoms with Crippen molar-refractivity contribution in [2.24, 2.45) is 5.92 Å². The molecule has 0 heterocycles. The molecule has 0 aliphatic rings. The number of ketones is 2. The van der Waals surface area contributed by atoms with Gasteiger partial charge in [-0.15, -0.1) is 0 Å². The highest BCUT2D eigenvalue weighted by molar-refractivity contribution is 6.05. The van der Waals surface area contributed by atoms with Gasteiger partial charge < -0.3 is 4.74 Å². The number of Topliss-reactive ketones (excluding diaryl/α,β-unsaturated/α-hetero) is 2. The van der Waals surface area contributed by atoms with E-state index in [4.69, 9.17) is 0 Å². The first kappa shape index (κ1) is 14.0. The zero-order chi connectivity index (χ0) is 13.7. The number of hydrogen-bond donors (Lipinski definition) is 0. The zero-order valence-corrected chi connectivity index (χ0v) is 10.1. The van der Waals surface area contributed by atoms with Crippen LogP contribution in [0.1, 0.15) is 23.7 Å². The molecule has 96 valence electrons. The van der Waals surface area contributed by atoms with Gasteiger partial charge in [0.25, 0.3) is 0 Å². The molecule has 0 saturated carbocycles. The van der Waals surface area contributed by atoms with Crippen molar-refractivity contribution >= 4 is 17.5 Å². The number of carbonyl (C=O) groups excluding carboxylic acids is 3. The number of hydrogen-bond acceptors (Lipinski definition) is 4. The summed E-state index contributed by atoms with van der Waals surface area (Å²) in [7, 11) is 1.14. The molecule has 0 aliphatic carbocycles. The van der Waals surface area contributed by atoms with Crippen molar-refractivity contribution in [2.45, 2.75) is 13.3 Å². The Labute approximate surface area is 104 Å². The second-order valence-corrected chi connectivity index (χ2v) is 3.82. The molecule has 4 nitrogen and oxygen atoms in total. The molecule has 1 rings (SSSR count). The molecule has 0 radical (unpaired) electrons. The van der Waals surface area contributed by atoms with Crippen LogP contribution in [-0.2, 0) is 14.3 Å². The largest absolute Gasteiger partial charge is 0.468 e. The summed E-state index contributed by atoms with van der Waals surface area (Å²) in [6.45, 7) is 1.21. The molecule has 0 spiro atoms. The molecule has 0 fully saturated rings. The van der Waals surface area contributed by atoms with Crippen molar-refractivity contribution in [1.29, 1.82) is 0 Å². The van der Waals surface area contributed by atoms with E-state index < -0.39 is 29.3 Å². The first-order chi connectivity index (χ1) is 8.45. The van der Waals surface area contributed by atoms with Crippen LogP contribution in [0, 0.1) is 11.7 Å². The van der Waals surface area contributed by atoms with E-state index in [2.05, 4.69) is 4.74 Å². The molecule has 1 aromatic rings. The Hall–Kier alpha value is -2.04. The molecular formula is C13H13FO4. The third-order valence-electron chi connectivity index (χ3n) is 2.51. The first-order valence-corrected chi connectivity index (χ1v) is 5.32. The van der Waals surface area contributed by atoms with E-state index >= 15 is 0 Å². The zero-order valence-electron chi connectivity index (χ0n) is 10.1. The normalized spacial score (nSPS) is 11.7. The van der Waals surface area contributed by atoms with Crippen molar-refractivity contribution in [3.63, 3.8) is 0 Å². The van der Waals surface area contributed by atoms with Crippen molar-refractivity contribution in [3.8, 4) is 0 Å². The molecule has 0 unspecified atom stereocenters. The van der Waals surface area contributed by atoms with Gasteiger partial charge in [-0.2, -0.15) is 0 Å². The third-order valence-corrected chi connectivity index (χ3v) is 2.51. The van der Waals surface area contributed by atoms with Gasteiger partial charge in [-0.1, -0.05) is 12.1 Å². The average molecular weight is 252 g/mol. The van der Waals surface area contributed by atoms with E-state index in [1.54, 1.807) is 0 Å². The van der Waals surface area contributed by atoms with Crippen LogP contribution >= 0.6 is 0 Å². The summed E-state index contributed by atoms with van der Waals surface area (Å²) in [6.07, 6.45) is -0.314. The van der Waals surface area contributed by atoms with E-state index in [-0.39, 0.29) is 12.0 Å². The van der Waals surface area contributed by atoms with Crippen molar-refractivity contribution in [3.05, 3.63) is 35.6 Å². The lowest BCUT2D eigenvalue weighted by atomic mass is 9.95. The van der Waals surface area contributed by atoms with Crippen LogP contribution in [0.5, 0.6) is 0 Å². The summed E-state index contributed by atoms with van der Waals surface area (Å²) in [5.41, 5.74) is 0.130. The summed E-state index contributed by atoms with van der Waals surface area (Å²) in [5, 5.41) is 0. The van der Waals surface area contributed by atoms with E-state index in [9.17, 15) is 18.8 Å². The van der Waals surface area contributed by atoms with Crippen molar-refractivity contribution < 1.29 is 23.5 Å². The standard InChI is InChI=1S/C13H13FO4/c1-8(15)11(13(17)18-2)7-12(16)9-4-3-5-10(14)6-9/h3-6,11H,7H2,1-2H3/t11-/m1/s1. The molecule has 0 saturated heterocycles. The second-order valence-electron chi connectivity index (χ2n) is 3.82. The maximum absolute atomic E-state index is 12.9. The minimum absolute atomic E-state index is 0.130. The SMILES string of the molecule is COC(=O)[C@H](CC(=O)c1cccc(F)c1)C(C)=O. The van der Waals surface area contributed by atoms with Gasteiger partial charge in [-0.05, 0) is 19.1 Å². The molecule has 0 bridgehead atoms. The smallest absolute Gasteiger partial charge is 0.316 e. The Balaban J connectivity index is 2.85. The van der Waals surface area contributed by atoms with Crippen LogP contribution in [0.15, 0.2) is 24.3 Å². The van der Waals surface area contributed by atoms with Gasteiger partial charge in [0.2, 0.25) is 0 Å². The second kappa shape index (κ2) is 6.05. The lowest BCUT2D eigenvalue weighted by molar-refractivity contribution is -0.148. The summed E-state index contributed by atoms with van der Waals surface area (Å²) >= 11 is 0. The molecule has 1 aromatic carbocycles. The quantitative estimate of drug-likeness (QED) is 0.455. The van der Waals surface area contributed by atoms with Crippen LogP contribution < -0.4 is 0 Å². The lowest BCUT2D eigenvalue weighted by Gasteiger charge is -2.10. The average Bonchev–Trinajstić information content (AvgIpc) is 2.34. The van der Waals surface area contributed by atoms with Crippen LogP contribution in [0.25, 0.3) is 0 Å². The number of rotatable bonds is 5. The van der Waals surface area contributed by atoms with Crippen LogP contribution in [0.4, 0.5) is 4.39 Å². The van der Waals surface area contributed by atoms with Crippen molar-refractivity contribution in [2.75, 3.05) is 7.11 Å².